The number of rotatable bonds is 11. The Morgan fingerprint density at radius 2 is 1.95 bits per heavy atom. The quantitative estimate of drug-likeness (QED) is 0.154. The Balaban J connectivity index is 0.00000146. The zero-order valence-electron chi connectivity index (χ0n) is 22.0. The summed E-state index contributed by atoms with van der Waals surface area (Å²) < 4.78 is 51.7. The topological polar surface area (TPSA) is 124 Å². The summed E-state index contributed by atoms with van der Waals surface area (Å²) in [4.78, 5) is 32.7. The minimum Gasteiger partial charge on any atom is -0.393 e. The van der Waals surface area contributed by atoms with Gasteiger partial charge in [-0.15, -0.1) is 11.3 Å². The second-order valence-electron chi connectivity index (χ2n) is 8.25. The fourth-order valence-electron chi connectivity index (χ4n) is 2.84. The number of thiazole rings is 1. The SMILES string of the molecule is C=CSC(=NC)C(O)C(CCC(F)(F)F)NC(=O)CNC(=O)c1cnc(-c2cc(F)cc(Cl)c2)s1.CCC(C)O. The number of carbonyl (C=O) groups is 2. The number of alkyl halides is 3. The number of aliphatic hydroxyl groups excluding tert-OH is 2. The third-order valence-corrected chi connectivity index (χ3v) is 7.08. The average molecular weight is 627 g/mol. The molecule has 0 aliphatic heterocycles. The Hall–Kier alpha value is -2.52. The van der Waals surface area contributed by atoms with E-state index >= 15 is 0 Å². The number of amides is 2. The summed E-state index contributed by atoms with van der Waals surface area (Å²) in [5, 5.41) is 25.3. The molecule has 0 radical (unpaired) electrons. The van der Waals surface area contributed by atoms with Crippen LogP contribution >= 0.6 is 34.7 Å². The van der Waals surface area contributed by atoms with E-state index in [4.69, 9.17) is 16.7 Å². The first-order chi connectivity index (χ1) is 18.7. The van der Waals surface area contributed by atoms with Crippen LogP contribution in [0.4, 0.5) is 17.6 Å². The molecule has 1 aromatic carbocycles. The maximum atomic E-state index is 13.6. The van der Waals surface area contributed by atoms with Crippen LogP contribution in [0.3, 0.4) is 0 Å². The van der Waals surface area contributed by atoms with Crippen LogP contribution in [0, 0.1) is 5.82 Å². The van der Waals surface area contributed by atoms with Gasteiger partial charge in [-0.25, -0.2) is 9.37 Å². The van der Waals surface area contributed by atoms with Crippen molar-refractivity contribution in [3.05, 3.63) is 52.1 Å². The summed E-state index contributed by atoms with van der Waals surface area (Å²) >= 11 is 7.68. The Morgan fingerprint density at radius 1 is 1.30 bits per heavy atom. The van der Waals surface area contributed by atoms with Gasteiger partial charge in [0.15, 0.2) is 0 Å². The van der Waals surface area contributed by atoms with E-state index in [0.717, 1.165) is 35.6 Å². The molecule has 3 unspecified atom stereocenters. The minimum atomic E-state index is -4.50. The maximum absolute atomic E-state index is 13.6. The van der Waals surface area contributed by atoms with Crippen molar-refractivity contribution in [2.45, 2.75) is 57.5 Å². The smallest absolute Gasteiger partial charge is 0.389 e. The Bertz CT molecular complexity index is 1140. The van der Waals surface area contributed by atoms with Crippen molar-refractivity contribution >= 4 is 51.6 Å². The normalized spacial score (nSPS) is 13.9. The largest absolute Gasteiger partial charge is 0.393 e. The summed E-state index contributed by atoms with van der Waals surface area (Å²) in [5.41, 5.74) is 0.365. The number of aliphatic hydroxyl groups is 2. The van der Waals surface area contributed by atoms with E-state index in [1.165, 1.54) is 30.8 Å². The highest BCUT2D eigenvalue weighted by Gasteiger charge is 2.33. The van der Waals surface area contributed by atoms with Gasteiger partial charge in [0.25, 0.3) is 5.91 Å². The zero-order chi connectivity index (χ0) is 30.5. The van der Waals surface area contributed by atoms with E-state index in [2.05, 4.69) is 27.2 Å². The van der Waals surface area contributed by atoms with E-state index < -0.39 is 55.3 Å². The predicted molar refractivity (Wildman–Crippen MR) is 151 cm³/mol. The van der Waals surface area contributed by atoms with Gasteiger partial charge in [-0.2, -0.15) is 13.2 Å². The first-order valence-electron chi connectivity index (χ1n) is 11.9. The van der Waals surface area contributed by atoms with Gasteiger partial charge in [0.1, 0.15) is 26.8 Å². The fraction of sp³-hybridized carbons (Fsp3) is 0.440. The molecule has 40 heavy (non-hydrogen) atoms. The zero-order valence-corrected chi connectivity index (χ0v) is 24.4. The number of nitrogens with zero attached hydrogens (tertiary/aromatic N) is 2. The number of halogens is 5. The van der Waals surface area contributed by atoms with Gasteiger partial charge in [-0.05, 0) is 43.4 Å². The fourth-order valence-corrected chi connectivity index (χ4v) is 4.46. The molecular formula is C25H31ClF4N4O4S2. The van der Waals surface area contributed by atoms with Crippen molar-refractivity contribution in [3.8, 4) is 10.6 Å². The average Bonchev–Trinajstić information content (AvgIpc) is 3.38. The van der Waals surface area contributed by atoms with Gasteiger partial charge in [0.2, 0.25) is 5.91 Å². The monoisotopic (exact) mass is 626 g/mol. The van der Waals surface area contributed by atoms with E-state index in [1.807, 2.05) is 6.92 Å². The molecule has 8 nitrogen and oxygen atoms in total. The van der Waals surface area contributed by atoms with E-state index in [-0.39, 0.29) is 21.0 Å². The van der Waals surface area contributed by atoms with Crippen LogP contribution in [-0.2, 0) is 4.79 Å². The second kappa shape index (κ2) is 17.3. The van der Waals surface area contributed by atoms with Gasteiger partial charge >= 0.3 is 6.18 Å². The molecule has 2 amide bonds. The van der Waals surface area contributed by atoms with Crippen LogP contribution in [-0.4, -0.2) is 70.1 Å². The summed E-state index contributed by atoms with van der Waals surface area (Å²) in [5.74, 6) is -2.06. The van der Waals surface area contributed by atoms with Gasteiger partial charge in [-0.1, -0.05) is 36.9 Å². The lowest BCUT2D eigenvalue weighted by Gasteiger charge is -2.25. The number of carbonyl (C=O) groups excluding carboxylic acids is 2. The lowest BCUT2D eigenvalue weighted by atomic mass is 10.1. The van der Waals surface area contributed by atoms with Crippen molar-refractivity contribution in [1.29, 1.82) is 0 Å². The summed E-state index contributed by atoms with van der Waals surface area (Å²) in [6.07, 6.45) is -5.87. The van der Waals surface area contributed by atoms with Crippen LogP contribution in [0.2, 0.25) is 5.02 Å². The second-order valence-corrected chi connectivity index (χ2v) is 10.7. The van der Waals surface area contributed by atoms with Crippen LogP contribution < -0.4 is 10.6 Å². The van der Waals surface area contributed by atoms with Crippen LogP contribution in [0.15, 0.2) is 41.4 Å². The molecule has 1 aromatic heterocycles. The van der Waals surface area contributed by atoms with Gasteiger partial charge in [0, 0.05) is 24.1 Å². The number of hydrogen-bond donors (Lipinski definition) is 4. The maximum Gasteiger partial charge on any atom is 0.389 e. The highest BCUT2D eigenvalue weighted by atomic mass is 35.5. The highest BCUT2D eigenvalue weighted by Crippen LogP contribution is 2.28. The Kier molecular flexibility index (Phi) is 15.4. The molecule has 0 saturated carbocycles. The molecule has 3 atom stereocenters. The predicted octanol–water partition coefficient (Wildman–Crippen LogP) is 5.20. The molecular weight excluding hydrogens is 596 g/mol. The lowest BCUT2D eigenvalue weighted by Crippen LogP contribution is -2.49. The van der Waals surface area contributed by atoms with E-state index in [0.29, 0.717) is 10.6 Å². The van der Waals surface area contributed by atoms with E-state index in [1.54, 1.807) is 6.92 Å². The molecule has 0 aliphatic rings. The molecule has 15 heteroatoms. The third-order valence-electron chi connectivity index (χ3n) is 4.98. The molecule has 0 saturated heterocycles. The van der Waals surface area contributed by atoms with Gasteiger partial charge in [-0.3, -0.25) is 14.6 Å². The summed E-state index contributed by atoms with van der Waals surface area (Å²) in [6.45, 7) is 6.63. The van der Waals surface area contributed by atoms with Gasteiger partial charge in [0.05, 0.1) is 24.9 Å². The first kappa shape index (κ1) is 35.5. The molecule has 4 N–H and O–H groups in total. The highest BCUT2D eigenvalue weighted by molar-refractivity contribution is 8.16. The number of hydrogen-bond acceptors (Lipinski definition) is 8. The number of thioether (sulfide) groups is 1. The molecule has 0 aliphatic carbocycles. The van der Waals surface area contributed by atoms with Crippen molar-refractivity contribution in [2.24, 2.45) is 4.99 Å². The molecule has 2 aromatic rings. The molecule has 1 heterocycles. The molecule has 222 valence electrons. The number of aliphatic imine (C=N–C) groups is 1. The number of benzene rings is 1. The Morgan fingerprint density at radius 3 is 2.48 bits per heavy atom. The van der Waals surface area contributed by atoms with Crippen molar-refractivity contribution in [2.75, 3.05) is 13.6 Å². The standard InChI is InChI=1S/C21H21ClF4N4O3S2.C4H10O/c1-3-34-20(27-2)17(32)14(4-5-21(24,25)26)30-16(31)10-28-18(33)15-9-29-19(35-15)11-6-12(22)8-13(23)7-11;1-3-4(2)5/h3,6-9,14,17,32H,1,4-5,10H2,2H3,(H,28,33)(H,30,31);4-5H,3H2,1-2H3. The van der Waals surface area contributed by atoms with Gasteiger partial charge < -0.3 is 20.8 Å². The first-order valence-corrected chi connectivity index (χ1v) is 13.9. The third kappa shape index (κ3) is 13.2. The summed E-state index contributed by atoms with van der Waals surface area (Å²) in [6, 6.07) is 2.49. The van der Waals surface area contributed by atoms with Crippen LogP contribution in [0.25, 0.3) is 10.6 Å². The van der Waals surface area contributed by atoms with Crippen LogP contribution in [0.1, 0.15) is 42.8 Å². The molecule has 0 spiro atoms. The summed E-state index contributed by atoms with van der Waals surface area (Å²) in [7, 11) is 1.35. The number of aromatic nitrogens is 1. The Labute approximate surface area is 242 Å². The van der Waals surface area contributed by atoms with E-state index in [9.17, 15) is 32.3 Å². The number of nitrogens with one attached hydrogen (secondary N) is 2. The van der Waals surface area contributed by atoms with Crippen molar-refractivity contribution in [3.63, 3.8) is 0 Å². The molecule has 0 fully saturated rings. The van der Waals surface area contributed by atoms with Crippen LogP contribution in [0.5, 0.6) is 0 Å². The lowest BCUT2D eigenvalue weighted by molar-refractivity contribution is -0.139. The van der Waals surface area contributed by atoms with Crippen molar-refractivity contribution in [1.82, 2.24) is 15.6 Å². The molecule has 2 rings (SSSR count). The minimum absolute atomic E-state index is 0.0751. The van der Waals surface area contributed by atoms with Crippen molar-refractivity contribution < 1.29 is 37.4 Å². The molecule has 0 bridgehead atoms.